The smallest absolute Gasteiger partial charge is 0.375 e. The number of aromatic amines is 2. The van der Waals surface area contributed by atoms with Crippen LogP contribution in [0.5, 0.6) is 0 Å². The minimum atomic E-state index is -4.56. The summed E-state index contributed by atoms with van der Waals surface area (Å²) in [4.78, 5) is 27.9. The number of H-pyrrole nitrogens is 2. The Hall–Kier alpha value is -2.89. The summed E-state index contributed by atoms with van der Waals surface area (Å²) < 4.78 is 44.1. The third-order valence-corrected chi connectivity index (χ3v) is 7.01. The van der Waals surface area contributed by atoms with Crippen LogP contribution in [0.15, 0.2) is 0 Å². The molecule has 198 valence electrons. The molecular weight excluding hydrogens is 477 g/mol. The van der Waals surface area contributed by atoms with Gasteiger partial charge < -0.3 is 14.5 Å². The van der Waals surface area contributed by atoms with Crippen molar-refractivity contribution in [3.63, 3.8) is 0 Å². The predicted molar refractivity (Wildman–Crippen MR) is 124 cm³/mol. The van der Waals surface area contributed by atoms with Crippen molar-refractivity contribution in [1.82, 2.24) is 30.2 Å². The number of methoxy groups -OCH3 is 1. The van der Waals surface area contributed by atoms with Crippen molar-refractivity contribution in [3.8, 4) is 0 Å². The van der Waals surface area contributed by atoms with E-state index in [0.717, 1.165) is 33.9 Å². The average molecular weight is 511 g/mol. The van der Waals surface area contributed by atoms with Gasteiger partial charge in [-0.2, -0.15) is 23.4 Å². The van der Waals surface area contributed by atoms with E-state index in [0.29, 0.717) is 25.9 Å². The van der Waals surface area contributed by atoms with Crippen LogP contribution in [0.2, 0.25) is 0 Å². The van der Waals surface area contributed by atoms with Crippen molar-refractivity contribution in [3.05, 3.63) is 33.9 Å². The second-order valence-corrected chi connectivity index (χ2v) is 10.2. The van der Waals surface area contributed by atoms with Crippen LogP contribution < -0.4 is 0 Å². The average Bonchev–Trinajstić information content (AvgIpc) is 3.44. The number of hydrogen-bond acceptors (Lipinski definition) is 5. The zero-order valence-corrected chi connectivity index (χ0v) is 21.0. The zero-order valence-electron chi connectivity index (χ0n) is 21.0. The van der Waals surface area contributed by atoms with E-state index >= 15 is 0 Å². The number of hydrogen-bond donors (Lipinski definition) is 2. The first-order valence-electron chi connectivity index (χ1n) is 12.2. The SMILES string of the molecule is COCC(=O)N1Cc2[nH]nc(C(C)CC3Cc4[nH]nc(C(C)C)c4CN(C(=O)CC(F)(F)F)C3)c2C1. The normalized spacial score (nSPS) is 18.8. The molecule has 2 unspecified atom stereocenters. The quantitative estimate of drug-likeness (QED) is 0.594. The fourth-order valence-electron chi connectivity index (χ4n) is 5.36. The van der Waals surface area contributed by atoms with Gasteiger partial charge in [-0.3, -0.25) is 19.8 Å². The lowest BCUT2D eigenvalue weighted by Gasteiger charge is -2.27. The van der Waals surface area contributed by atoms with Crippen molar-refractivity contribution in [2.45, 2.75) is 77.7 Å². The first kappa shape index (κ1) is 26.2. The summed E-state index contributed by atoms with van der Waals surface area (Å²) in [6, 6.07) is 0. The fraction of sp³-hybridized carbons (Fsp3) is 0.667. The van der Waals surface area contributed by atoms with Gasteiger partial charge in [-0.05, 0) is 24.7 Å². The molecule has 0 saturated heterocycles. The molecule has 2 atom stereocenters. The molecule has 12 heteroatoms. The number of alkyl halides is 3. The number of carbonyl (C=O) groups is 2. The monoisotopic (exact) mass is 510 g/mol. The Kier molecular flexibility index (Phi) is 7.44. The van der Waals surface area contributed by atoms with Gasteiger partial charge in [0, 0.05) is 49.5 Å². The van der Waals surface area contributed by atoms with Crippen LogP contribution in [0.4, 0.5) is 13.2 Å². The van der Waals surface area contributed by atoms with Crippen LogP contribution in [0.3, 0.4) is 0 Å². The molecule has 2 aliphatic rings. The predicted octanol–water partition coefficient (Wildman–Crippen LogP) is 3.39. The summed E-state index contributed by atoms with van der Waals surface area (Å²) in [5.74, 6) is -1.05. The van der Waals surface area contributed by atoms with Gasteiger partial charge in [0.05, 0.1) is 23.6 Å². The van der Waals surface area contributed by atoms with E-state index in [1.807, 2.05) is 20.8 Å². The summed E-state index contributed by atoms with van der Waals surface area (Å²) in [7, 11) is 1.48. The van der Waals surface area contributed by atoms with E-state index < -0.39 is 18.5 Å². The van der Waals surface area contributed by atoms with E-state index in [1.165, 1.54) is 12.0 Å². The minimum absolute atomic E-state index is 0.0112. The van der Waals surface area contributed by atoms with Crippen LogP contribution in [0, 0.1) is 5.92 Å². The Morgan fingerprint density at radius 1 is 1.00 bits per heavy atom. The second kappa shape index (κ2) is 10.2. The third-order valence-electron chi connectivity index (χ3n) is 7.01. The summed E-state index contributed by atoms with van der Waals surface area (Å²) in [5.41, 5.74) is 5.21. The number of aromatic nitrogens is 4. The number of amides is 2. The van der Waals surface area contributed by atoms with Crippen LogP contribution in [0.1, 0.15) is 79.4 Å². The summed E-state index contributed by atoms with van der Waals surface area (Å²) >= 11 is 0. The molecule has 2 aromatic heterocycles. The van der Waals surface area contributed by atoms with E-state index in [9.17, 15) is 22.8 Å². The van der Waals surface area contributed by atoms with E-state index in [2.05, 4.69) is 20.4 Å². The van der Waals surface area contributed by atoms with Crippen molar-refractivity contribution in [1.29, 1.82) is 0 Å². The maximum Gasteiger partial charge on any atom is 0.397 e. The van der Waals surface area contributed by atoms with Gasteiger partial charge in [-0.1, -0.05) is 20.8 Å². The standard InChI is InChI=1S/C24H33F3N6O3/c1-13(2)22-16-9-32(20(34)7-24(25,26)27)8-15(6-18(16)28-30-22)5-14(3)23-17-10-33(21(35)12-36-4)11-19(17)29-31-23/h13-15H,5-12H2,1-4H3,(H,28,30)(H,29,31). The number of nitrogens with one attached hydrogen (secondary N) is 2. The van der Waals surface area contributed by atoms with Crippen LogP contribution in [-0.2, 0) is 40.4 Å². The highest BCUT2D eigenvalue weighted by Crippen LogP contribution is 2.35. The largest absolute Gasteiger partial charge is 0.397 e. The maximum absolute atomic E-state index is 13.0. The van der Waals surface area contributed by atoms with Crippen LogP contribution in [0.25, 0.3) is 0 Å². The van der Waals surface area contributed by atoms with Crippen LogP contribution >= 0.6 is 0 Å². The Morgan fingerprint density at radius 2 is 1.64 bits per heavy atom. The third kappa shape index (κ3) is 5.58. The molecule has 0 fully saturated rings. The van der Waals surface area contributed by atoms with E-state index in [-0.39, 0.29) is 43.4 Å². The highest BCUT2D eigenvalue weighted by atomic mass is 19.4. The van der Waals surface area contributed by atoms with Gasteiger partial charge in [0.2, 0.25) is 11.8 Å². The van der Waals surface area contributed by atoms with Gasteiger partial charge in [0.15, 0.2) is 0 Å². The molecule has 4 heterocycles. The molecule has 36 heavy (non-hydrogen) atoms. The summed E-state index contributed by atoms with van der Waals surface area (Å²) in [6.07, 6.45) is -4.83. The van der Waals surface area contributed by atoms with E-state index in [1.54, 1.807) is 4.90 Å². The van der Waals surface area contributed by atoms with Crippen molar-refractivity contribution in [2.75, 3.05) is 20.3 Å². The lowest BCUT2D eigenvalue weighted by atomic mass is 9.88. The van der Waals surface area contributed by atoms with Gasteiger partial charge >= 0.3 is 6.18 Å². The second-order valence-electron chi connectivity index (χ2n) is 10.2. The number of fused-ring (bicyclic) bond motifs is 2. The lowest BCUT2D eigenvalue weighted by molar-refractivity contribution is -0.162. The Balaban J connectivity index is 1.53. The van der Waals surface area contributed by atoms with Crippen LogP contribution in [-0.4, -0.2) is 68.4 Å². The molecule has 0 bridgehead atoms. The lowest BCUT2D eigenvalue weighted by Crippen LogP contribution is -2.37. The molecule has 0 saturated carbocycles. The molecule has 9 nitrogen and oxygen atoms in total. The topological polar surface area (TPSA) is 107 Å². The molecule has 2 amide bonds. The number of carbonyl (C=O) groups excluding carboxylic acids is 2. The number of halogens is 3. The van der Waals surface area contributed by atoms with Crippen molar-refractivity contribution < 1.29 is 27.5 Å². The minimum Gasteiger partial charge on any atom is -0.375 e. The molecule has 4 rings (SSSR count). The fourth-order valence-corrected chi connectivity index (χ4v) is 5.36. The molecule has 0 spiro atoms. The van der Waals surface area contributed by atoms with Crippen molar-refractivity contribution >= 4 is 11.8 Å². The highest BCUT2D eigenvalue weighted by molar-refractivity contribution is 5.78. The van der Waals surface area contributed by atoms with E-state index in [4.69, 9.17) is 4.74 Å². The Labute approximate surface area is 207 Å². The van der Waals surface area contributed by atoms with Gasteiger partial charge in [-0.15, -0.1) is 0 Å². The zero-order chi connectivity index (χ0) is 26.2. The summed E-state index contributed by atoms with van der Waals surface area (Å²) in [6.45, 7) is 7.21. The first-order chi connectivity index (χ1) is 17.0. The molecular formula is C24H33F3N6O3. The van der Waals surface area contributed by atoms with Gasteiger partial charge in [-0.25, -0.2) is 0 Å². The Morgan fingerprint density at radius 3 is 2.31 bits per heavy atom. The Bertz CT molecular complexity index is 1110. The summed E-state index contributed by atoms with van der Waals surface area (Å²) in [5, 5.41) is 15.0. The molecule has 2 aromatic rings. The molecule has 2 aliphatic heterocycles. The highest BCUT2D eigenvalue weighted by Gasteiger charge is 2.37. The number of nitrogens with zero attached hydrogens (tertiary/aromatic N) is 4. The number of ether oxygens (including phenoxy) is 1. The van der Waals surface area contributed by atoms with Crippen molar-refractivity contribution in [2.24, 2.45) is 5.92 Å². The first-order valence-corrected chi connectivity index (χ1v) is 12.2. The maximum atomic E-state index is 13.0. The van der Waals surface area contributed by atoms with Gasteiger partial charge in [0.25, 0.3) is 0 Å². The molecule has 0 radical (unpaired) electrons. The molecule has 0 aromatic carbocycles. The molecule has 2 N–H and O–H groups in total. The number of rotatable bonds is 7. The molecule has 0 aliphatic carbocycles. The van der Waals surface area contributed by atoms with Gasteiger partial charge in [0.1, 0.15) is 13.0 Å².